The van der Waals surface area contributed by atoms with Crippen LogP contribution in [0.15, 0.2) is 18.2 Å². The molecule has 0 amide bonds. The molecule has 104 valence electrons. The van der Waals surface area contributed by atoms with Crippen LogP contribution < -0.4 is 0 Å². The van der Waals surface area contributed by atoms with E-state index in [9.17, 15) is 9.59 Å². The minimum Gasteiger partial charge on any atom is -0.476 e. The van der Waals surface area contributed by atoms with E-state index in [4.69, 9.17) is 28.3 Å². The Morgan fingerprint density at radius 1 is 1.40 bits per heavy atom. The Bertz CT molecular complexity index is 695. The highest BCUT2D eigenvalue weighted by Gasteiger charge is 2.22. The zero-order chi connectivity index (χ0) is 14.9. The van der Waals surface area contributed by atoms with E-state index in [2.05, 4.69) is 5.10 Å². The Morgan fingerprint density at radius 3 is 2.60 bits per heavy atom. The molecule has 20 heavy (non-hydrogen) atoms. The first-order valence-corrected chi connectivity index (χ1v) is 6.51. The molecule has 2 rings (SSSR count). The summed E-state index contributed by atoms with van der Waals surface area (Å²) in [5, 5.41) is 13.8. The van der Waals surface area contributed by atoms with Crippen LogP contribution in [0.1, 0.15) is 33.5 Å². The van der Waals surface area contributed by atoms with E-state index in [0.29, 0.717) is 34.1 Å². The van der Waals surface area contributed by atoms with Crippen molar-refractivity contribution in [3.05, 3.63) is 45.2 Å². The molecule has 7 heteroatoms. The lowest BCUT2D eigenvalue weighted by Gasteiger charge is -2.07. The Labute approximate surface area is 124 Å². The number of carbonyl (C=O) groups excluding carboxylic acids is 1. The summed E-state index contributed by atoms with van der Waals surface area (Å²) in [6.07, 6.45) is 0.956. The smallest absolute Gasteiger partial charge is 0.357 e. The monoisotopic (exact) mass is 312 g/mol. The second-order valence-electron chi connectivity index (χ2n) is 4.00. The van der Waals surface area contributed by atoms with Gasteiger partial charge in [0.05, 0.1) is 27.0 Å². The van der Waals surface area contributed by atoms with Crippen molar-refractivity contribution in [2.75, 3.05) is 0 Å². The molecule has 0 aliphatic rings. The van der Waals surface area contributed by atoms with Gasteiger partial charge in [-0.3, -0.25) is 4.79 Å². The molecule has 0 fully saturated rings. The van der Waals surface area contributed by atoms with Gasteiger partial charge in [0.1, 0.15) is 0 Å². The van der Waals surface area contributed by atoms with Crippen LogP contribution in [0.3, 0.4) is 0 Å². The number of hydrogen-bond acceptors (Lipinski definition) is 3. The Kier molecular flexibility index (Phi) is 4.11. The Hall–Kier alpha value is -1.85. The maximum atomic E-state index is 11.1. The van der Waals surface area contributed by atoms with Crippen molar-refractivity contribution in [2.24, 2.45) is 0 Å². The minimum absolute atomic E-state index is 0.0751. The number of halogens is 2. The summed E-state index contributed by atoms with van der Waals surface area (Å²) in [6.45, 7) is 1.81. The number of hydrogen-bond donors (Lipinski definition) is 1. The summed E-state index contributed by atoms with van der Waals surface area (Å²) in [5.41, 5.74) is 0.858. The van der Waals surface area contributed by atoms with Crippen molar-refractivity contribution in [3.8, 4) is 5.69 Å². The van der Waals surface area contributed by atoms with E-state index < -0.39 is 5.97 Å². The first-order valence-electron chi connectivity index (χ1n) is 5.75. The van der Waals surface area contributed by atoms with Crippen LogP contribution in [-0.2, 0) is 6.42 Å². The lowest BCUT2D eigenvalue weighted by atomic mass is 10.1. The number of benzene rings is 1. The second-order valence-corrected chi connectivity index (χ2v) is 4.81. The first-order chi connectivity index (χ1) is 9.49. The van der Waals surface area contributed by atoms with Crippen LogP contribution >= 0.6 is 23.2 Å². The molecule has 0 atom stereocenters. The molecule has 0 spiro atoms. The second kappa shape index (κ2) is 5.64. The fraction of sp³-hybridized carbons (Fsp3) is 0.154. The van der Waals surface area contributed by atoms with E-state index >= 15 is 0 Å². The molecule has 0 aliphatic carbocycles. The average Bonchev–Trinajstić information content (AvgIpc) is 2.80. The Balaban J connectivity index is 2.70. The van der Waals surface area contributed by atoms with Crippen LogP contribution in [0, 0.1) is 0 Å². The fourth-order valence-corrected chi connectivity index (χ4v) is 2.21. The standard InChI is InChI=1S/C13H10Cl2N2O3/c1-2-11-8(6-18)12(13(19)20)16-17(11)7-3-4-9(14)10(15)5-7/h3-6H,2H2,1H3,(H,19,20). The lowest BCUT2D eigenvalue weighted by Crippen LogP contribution is -2.03. The van der Waals surface area contributed by atoms with Gasteiger partial charge in [-0.25, -0.2) is 9.48 Å². The number of carbonyl (C=O) groups is 2. The van der Waals surface area contributed by atoms with Gasteiger partial charge >= 0.3 is 5.97 Å². The van der Waals surface area contributed by atoms with Crippen molar-refractivity contribution in [3.63, 3.8) is 0 Å². The summed E-state index contributed by atoms with van der Waals surface area (Å²) in [4.78, 5) is 22.2. The zero-order valence-corrected chi connectivity index (χ0v) is 11.9. The molecule has 0 unspecified atom stereocenters. The van der Waals surface area contributed by atoms with E-state index in [-0.39, 0.29) is 11.3 Å². The van der Waals surface area contributed by atoms with Crippen LogP contribution in [0.4, 0.5) is 0 Å². The van der Waals surface area contributed by atoms with Gasteiger partial charge in [-0.05, 0) is 24.6 Å². The van der Waals surface area contributed by atoms with Crippen molar-refractivity contribution >= 4 is 35.5 Å². The molecule has 0 radical (unpaired) electrons. The summed E-state index contributed by atoms with van der Waals surface area (Å²) >= 11 is 11.8. The molecule has 0 aliphatic heterocycles. The van der Waals surface area contributed by atoms with Gasteiger partial charge < -0.3 is 5.11 Å². The van der Waals surface area contributed by atoms with E-state index in [1.165, 1.54) is 4.68 Å². The van der Waals surface area contributed by atoms with Crippen LogP contribution in [0.25, 0.3) is 5.69 Å². The third-order valence-corrected chi connectivity index (χ3v) is 3.56. The van der Waals surface area contributed by atoms with Crippen LogP contribution in [0.5, 0.6) is 0 Å². The number of carboxylic acids is 1. The fourth-order valence-electron chi connectivity index (χ4n) is 1.92. The highest BCUT2D eigenvalue weighted by molar-refractivity contribution is 6.42. The Morgan fingerprint density at radius 2 is 2.10 bits per heavy atom. The maximum Gasteiger partial charge on any atom is 0.357 e. The van der Waals surface area contributed by atoms with Crippen LogP contribution in [0.2, 0.25) is 10.0 Å². The number of aldehydes is 1. The quantitative estimate of drug-likeness (QED) is 0.879. The van der Waals surface area contributed by atoms with Gasteiger partial charge in [-0.15, -0.1) is 0 Å². The molecule has 1 aromatic heterocycles. The van der Waals surface area contributed by atoms with Crippen molar-refractivity contribution in [2.45, 2.75) is 13.3 Å². The molecule has 0 saturated heterocycles. The van der Waals surface area contributed by atoms with E-state index in [0.717, 1.165) is 0 Å². The molecule has 0 saturated carbocycles. The van der Waals surface area contributed by atoms with Gasteiger partial charge in [0, 0.05) is 0 Å². The average molecular weight is 313 g/mol. The van der Waals surface area contributed by atoms with E-state index in [1.54, 1.807) is 18.2 Å². The summed E-state index contributed by atoms with van der Waals surface area (Å²) < 4.78 is 1.40. The van der Waals surface area contributed by atoms with Crippen molar-refractivity contribution in [1.82, 2.24) is 9.78 Å². The largest absolute Gasteiger partial charge is 0.476 e. The molecule has 1 aromatic carbocycles. The van der Waals surface area contributed by atoms with Crippen molar-refractivity contribution in [1.29, 1.82) is 0 Å². The summed E-state index contributed by atoms with van der Waals surface area (Å²) in [5.74, 6) is -1.25. The molecule has 2 aromatic rings. The summed E-state index contributed by atoms with van der Waals surface area (Å²) in [6, 6.07) is 4.80. The predicted molar refractivity (Wildman–Crippen MR) is 75.3 cm³/mol. The number of rotatable bonds is 4. The minimum atomic E-state index is -1.25. The van der Waals surface area contributed by atoms with Gasteiger partial charge in [0.25, 0.3) is 0 Å². The van der Waals surface area contributed by atoms with Gasteiger partial charge in [-0.2, -0.15) is 5.10 Å². The molecule has 1 heterocycles. The van der Waals surface area contributed by atoms with Gasteiger partial charge in [0.2, 0.25) is 0 Å². The van der Waals surface area contributed by atoms with Crippen molar-refractivity contribution < 1.29 is 14.7 Å². The zero-order valence-electron chi connectivity index (χ0n) is 10.4. The molecular weight excluding hydrogens is 303 g/mol. The maximum absolute atomic E-state index is 11.1. The topological polar surface area (TPSA) is 72.2 Å². The third kappa shape index (κ3) is 2.42. The SMILES string of the molecule is CCc1c(C=O)c(C(=O)O)nn1-c1ccc(Cl)c(Cl)c1. The summed E-state index contributed by atoms with van der Waals surface area (Å²) in [7, 11) is 0. The van der Waals surface area contributed by atoms with Gasteiger partial charge in [-0.1, -0.05) is 30.1 Å². The number of nitrogens with zero attached hydrogens (tertiary/aromatic N) is 2. The molecular formula is C13H10Cl2N2O3. The van der Waals surface area contributed by atoms with Gasteiger partial charge in [0.15, 0.2) is 12.0 Å². The molecule has 5 nitrogen and oxygen atoms in total. The first kappa shape index (κ1) is 14.6. The highest BCUT2D eigenvalue weighted by atomic mass is 35.5. The molecule has 1 N–H and O–H groups in total. The normalized spacial score (nSPS) is 10.6. The highest BCUT2D eigenvalue weighted by Crippen LogP contribution is 2.26. The number of aromatic carboxylic acids is 1. The number of carboxylic acid groups (broad SMARTS) is 1. The number of aromatic nitrogens is 2. The van der Waals surface area contributed by atoms with Crippen LogP contribution in [-0.4, -0.2) is 27.1 Å². The lowest BCUT2D eigenvalue weighted by molar-refractivity contribution is 0.0687. The molecule has 0 bridgehead atoms. The van der Waals surface area contributed by atoms with E-state index in [1.807, 2.05) is 6.92 Å². The third-order valence-electron chi connectivity index (χ3n) is 2.82. The predicted octanol–water partition coefficient (Wildman–Crippen LogP) is 3.25.